The van der Waals surface area contributed by atoms with E-state index >= 15 is 0 Å². The summed E-state index contributed by atoms with van der Waals surface area (Å²) in [4.78, 5) is 54.1. The molecule has 0 aromatic heterocycles. The third kappa shape index (κ3) is 13.6. The van der Waals surface area contributed by atoms with Gasteiger partial charge in [0.25, 0.3) is 5.09 Å². The van der Waals surface area contributed by atoms with Crippen LogP contribution in [0.4, 0.5) is 5.69 Å². The highest BCUT2D eigenvalue weighted by Crippen LogP contribution is 2.99. The van der Waals surface area contributed by atoms with Crippen molar-refractivity contribution in [1.82, 2.24) is 0 Å². The Morgan fingerprint density at radius 2 is 1.47 bits per heavy atom. The molecule has 1 atom stereocenters. The Bertz CT molecular complexity index is 2300. The molecule has 6 rings (SSSR count). The molecule has 0 saturated carbocycles. The first-order valence-electron chi connectivity index (χ1n) is 18.8. The summed E-state index contributed by atoms with van der Waals surface area (Å²) in [5, 5.41) is 32.8. The van der Waals surface area contributed by atoms with E-state index in [1.165, 1.54) is 29.3 Å². The van der Waals surface area contributed by atoms with E-state index in [0.717, 1.165) is 22.6 Å². The molecule has 60 heavy (non-hydrogen) atoms. The lowest BCUT2D eigenvalue weighted by Crippen LogP contribution is -2.20. The van der Waals surface area contributed by atoms with Gasteiger partial charge >= 0.3 is 11.9 Å². The van der Waals surface area contributed by atoms with Gasteiger partial charge in [0.2, 0.25) is 5.91 Å². The summed E-state index contributed by atoms with van der Waals surface area (Å²) in [6.07, 6.45) is 0.212. The number of phenols is 2. The molecule has 3 N–H and O–H groups in total. The number of esters is 2. The zero-order valence-corrected chi connectivity index (χ0v) is 37.4. The number of carbonyl (C=O) groups is 3. The lowest BCUT2D eigenvalue weighted by atomic mass is 9.96. The number of amides is 1. The first kappa shape index (κ1) is 46.2. The third-order valence-corrected chi connectivity index (χ3v) is 33.8. The molecule has 5 aromatic rings. The Labute approximate surface area is 362 Å². The molecule has 1 heterocycles. The normalized spacial score (nSPS) is 16.0. The van der Waals surface area contributed by atoms with Crippen molar-refractivity contribution < 1.29 is 44.0 Å². The molecule has 1 aliphatic heterocycles. The van der Waals surface area contributed by atoms with Crippen LogP contribution in [0.3, 0.4) is 0 Å². The minimum atomic E-state index is -1.94. The predicted octanol–water partition coefficient (Wildman–Crippen LogP) is 10.2. The van der Waals surface area contributed by atoms with Gasteiger partial charge in [0.15, 0.2) is 0 Å². The van der Waals surface area contributed by atoms with E-state index in [9.17, 15) is 29.6 Å². The maximum atomic E-state index is 13.6. The summed E-state index contributed by atoms with van der Waals surface area (Å²) < 4.78 is 9.21. The Balaban J connectivity index is 0.000000763. The monoisotopic (exact) mass is 906 g/mol. The summed E-state index contributed by atoms with van der Waals surface area (Å²) in [6, 6.07) is 33.4. The number of nitrogens with one attached hydrogen (secondary N) is 1. The molecule has 1 aliphatic rings. The first-order chi connectivity index (χ1) is 28.6. The fourth-order valence-electron chi connectivity index (χ4n) is 5.57. The number of benzene rings is 5. The number of carbonyl (C=O) groups excluding carboxylic acids is 3. The summed E-state index contributed by atoms with van der Waals surface area (Å²) in [5.41, 5.74) is 3.36. The van der Waals surface area contributed by atoms with Crippen LogP contribution in [-0.4, -0.2) is 39.8 Å². The van der Waals surface area contributed by atoms with Crippen molar-refractivity contribution in [1.29, 1.82) is 0 Å². The van der Waals surface area contributed by atoms with Gasteiger partial charge in [-0.15, -0.1) is 10.1 Å². The van der Waals surface area contributed by atoms with Crippen molar-refractivity contribution in [2.24, 2.45) is 5.92 Å². The van der Waals surface area contributed by atoms with Crippen molar-refractivity contribution in [3.05, 3.63) is 148 Å². The zero-order valence-electron chi connectivity index (χ0n) is 33.2. The van der Waals surface area contributed by atoms with Crippen LogP contribution in [0.25, 0.3) is 0 Å². The van der Waals surface area contributed by atoms with Gasteiger partial charge in [-0.1, -0.05) is 89.6 Å². The van der Waals surface area contributed by atoms with Crippen molar-refractivity contribution in [3.8, 4) is 23.0 Å². The van der Waals surface area contributed by atoms with Gasteiger partial charge in [-0.3, -0.25) is 9.59 Å². The molecule has 0 bridgehead atoms. The van der Waals surface area contributed by atoms with Crippen LogP contribution in [0, 0.1) is 23.0 Å². The second kappa shape index (κ2) is 21.6. The van der Waals surface area contributed by atoms with Crippen molar-refractivity contribution in [3.63, 3.8) is 0 Å². The van der Waals surface area contributed by atoms with E-state index in [4.69, 9.17) is 26.4 Å². The molecule has 1 amide bonds. The number of phenolic OH excluding ortho intramolecular Hbond substituents is 2. The number of hydrogen-bond donors (Lipinski definition) is 3. The second-order valence-electron chi connectivity index (χ2n) is 14.0. The first-order valence-corrected chi connectivity index (χ1v) is 27.0. The van der Waals surface area contributed by atoms with Crippen molar-refractivity contribution >= 4 is 78.7 Å². The van der Waals surface area contributed by atoms with Crippen LogP contribution in [-0.2, 0) is 32.7 Å². The number of aromatic hydroxyl groups is 2. The largest absolute Gasteiger partial charge is 0.508 e. The SMILES string of the molecule is CC(C)Cc1ccc(C(C)C(=O)Nc2ccc(OC(=O)CCCO[N+](=O)[O-])c(C(=O)Oc3ccc(P4(=S)SP(c5ccc(O)cc5)S4)cc3)c2)cc1.Cc1ccc(O)cc1. The third-order valence-electron chi connectivity index (χ3n) is 8.75. The smallest absolute Gasteiger partial charge is 0.347 e. The predicted molar refractivity (Wildman–Crippen MR) is 244 cm³/mol. The van der Waals surface area contributed by atoms with Crippen LogP contribution in [0.1, 0.15) is 66.6 Å². The average Bonchev–Trinajstić information content (AvgIpc) is 3.20. The number of aryl methyl sites for hydroxylation is 1. The molecule has 1 saturated heterocycles. The topological polar surface area (TPSA) is 175 Å². The molecule has 314 valence electrons. The van der Waals surface area contributed by atoms with Gasteiger partial charge in [-0.05, 0) is 128 Å². The molecule has 12 nitrogen and oxygen atoms in total. The van der Waals surface area contributed by atoms with E-state index in [1.807, 2.05) is 67.6 Å². The van der Waals surface area contributed by atoms with Gasteiger partial charge in [0, 0.05) is 17.4 Å². The minimum absolute atomic E-state index is 0.0246. The summed E-state index contributed by atoms with van der Waals surface area (Å²) in [6.45, 7) is 7.77. The molecule has 1 fully saturated rings. The van der Waals surface area contributed by atoms with Crippen LogP contribution >= 0.6 is 32.8 Å². The second-order valence-corrected chi connectivity index (χ2v) is 30.7. The molecular formula is C43H44N2O10P2S3. The Hall–Kier alpha value is -4.91. The Morgan fingerprint density at radius 3 is 2.05 bits per heavy atom. The lowest BCUT2D eigenvalue weighted by Gasteiger charge is -2.37. The zero-order chi connectivity index (χ0) is 43.4. The lowest BCUT2D eigenvalue weighted by molar-refractivity contribution is -0.757. The highest BCUT2D eigenvalue weighted by Gasteiger charge is 2.40. The van der Waals surface area contributed by atoms with Crippen LogP contribution in [0.5, 0.6) is 23.0 Å². The van der Waals surface area contributed by atoms with E-state index < -0.39 is 33.7 Å². The fourth-order valence-corrected chi connectivity index (χ4v) is 31.5. The summed E-state index contributed by atoms with van der Waals surface area (Å²) in [7, 11) is 0. The molecule has 5 aromatic carbocycles. The van der Waals surface area contributed by atoms with Gasteiger partial charge in [0.05, 0.1) is 23.3 Å². The van der Waals surface area contributed by atoms with Crippen molar-refractivity contribution in [2.75, 3.05) is 11.9 Å². The standard InChI is InChI=1S/C36H36N2O9P2S3.C7H8O/c1-23(2)21-25-6-8-26(9-7-25)24(3)35(41)37-27-10-19-33(47-34(40)5-4-20-45-38(43)44)32(22-27)36(42)46-29-13-17-31(18-14-29)49(50)51-48(52-49)30-15-11-28(39)12-16-30;1-6-2-4-7(8)5-3-6/h6-19,22-24,39H,4-5,20-21H2,1-3H3,(H,37,41);2-5,8H,1H3. The Morgan fingerprint density at radius 1 is 0.850 bits per heavy atom. The maximum Gasteiger partial charge on any atom is 0.347 e. The number of rotatable bonds is 15. The number of nitrogens with zero attached hydrogens (tertiary/aromatic N) is 1. The number of ether oxygens (including phenoxy) is 2. The molecule has 0 spiro atoms. The van der Waals surface area contributed by atoms with Gasteiger partial charge in [-0.25, -0.2) is 4.79 Å². The van der Waals surface area contributed by atoms with Gasteiger partial charge in [0.1, 0.15) is 28.6 Å². The van der Waals surface area contributed by atoms with E-state index in [1.54, 1.807) is 65.3 Å². The van der Waals surface area contributed by atoms with Crippen LogP contribution < -0.4 is 25.4 Å². The Kier molecular flexibility index (Phi) is 16.6. The number of anilines is 1. The van der Waals surface area contributed by atoms with E-state index in [-0.39, 0.29) is 53.9 Å². The highest BCUT2D eigenvalue weighted by molar-refractivity contribution is 9.43. The molecular weight excluding hydrogens is 863 g/mol. The van der Waals surface area contributed by atoms with Crippen LogP contribution in [0.15, 0.2) is 115 Å². The van der Waals surface area contributed by atoms with Crippen LogP contribution in [0.2, 0.25) is 0 Å². The molecule has 1 unspecified atom stereocenters. The minimum Gasteiger partial charge on any atom is -0.508 e. The molecule has 0 radical (unpaired) electrons. The van der Waals surface area contributed by atoms with E-state index in [2.05, 4.69) is 24.0 Å². The number of hydrogen-bond acceptors (Lipinski definition) is 13. The fraction of sp³-hybridized carbons (Fsp3) is 0.233. The maximum absolute atomic E-state index is 13.6. The van der Waals surface area contributed by atoms with E-state index in [0.29, 0.717) is 11.7 Å². The van der Waals surface area contributed by atoms with Gasteiger partial charge < -0.3 is 29.8 Å². The summed E-state index contributed by atoms with van der Waals surface area (Å²) >= 11 is 9.55. The highest BCUT2D eigenvalue weighted by atomic mass is 33.7. The average molecular weight is 907 g/mol. The van der Waals surface area contributed by atoms with Crippen molar-refractivity contribution in [2.45, 2.75) is 52.9 Å². The summed E-state index contributed by atoms with van der Waals surface area (Å²) in [5.74, 6) is -1.18. The van der Waals surface area contributed by atoms with Gasteiger partial charge in [-0.2, -0.15) is 0 Å². The molecule has 17 heteroatoms. The quantitative estimate of drug-likeness (QED) is 0.0226. The molecule has 0 aliphatic carbocycles.